The van der Waals surface area contributed by atoms with Gasteiger partial charge in [-0.2, -0.15) is 9.61 Å². The van der Waals surface area contributed by atoms with Crippen molar-refractivity contribution in [3.63, 3.8) is 0 Å². The Morgan fingerprint density at radius 3 is 2.86 bits per heavy atom. The van der Waals surface area contributed by atoms with Crippen LogP contribution in [0.2, 0.25) is 0 Å². The summed E-state index contributed by atoms with van der Waals surface area (Å²) >= 11 is 0. The van der Waals surface area contributed by atoms with Crippen molar-refractivity contribution in [3.8, 4) is 22.5 Å². The van der Waals surface area contributed by atoms with E-state index >= 15 is 0 Å². The lowest BCUT2D eigenvalue weighted by molar-refractivity contribution is 0.124. The quantitative estimate of drug-likeness (QED) is 0.489. The number of nitrogen functional groups attached to an aromatic ring is 1. The summed E-state index contributed by atoms with van der Waals surface area (Å²) in [5, 5.41) is 8.12. The molecule has 4 aromatic heterocycles. The van der Waals surface area contributed by atoms with Gasteiger partial charge in [0.25, 0.3) is 5.56 Å². The van der Waals surface area contributed by atoms with Gasteiger partial charge in [-0.3, -0.25) is 14.9 Å². The maximum absolute atomic E-state index is 12.7. The molecule has 0 aliphatic carbocycles. The van der Waals surface area contributed by atoms with Crippen LogP contribution in [0.5, 0.6) is 0 Å². The zero-order chi connectivity index (χ0) is 20.0. The van der Waals surface area contributed by atoms with Gasteiger partial charge in [0.15, 0.2) is 5.65 Å². The molecule has 5 rings (SSSR count). The van der Waals surface area contributed by atoms with Gasteiger partial charge < -0.3 is 10.5 Å². The molecular formula is C20H17N7O2. The number of benzene rings is 1. The Kier molecular flexibility index (Phi) is 3.88. The van der Waals surface area contributed by atoms with E-state index in [0.717, 1.165) is 16.5 Å². The molecule has 0 spiro atoms. The maximum atomic E-state index is 12.7. The Bertz CT molecular complexity index is 1400. The van der Waals surface area contributed by atoms with Crippen molar-refractivity contribution in [1.82, 2.24) is 29.4 Å². The number of H-pyrrole nitrogens is 1. The lowest BCUT2D eigenvalue weighted by Crippen LogP contribution is -2.14. The molecule has 3 N–H and O–H groups in total. The van der Waals surface area contributed by atoms with Gasteiger partial charge in [-0.15, -0.1) is 0 Å². The van der Waals surface area contributed by atoms with Gasteiger partial charge in [0.05, 0.1) is 28.7 Å². The second-order valence-corrected chi connectivity index (χ2v) is 6.59. The lowest BCUT2D eigenvalue weighted by Gasteiger charge is -2.05. The molecule has 4 heterocycles. The first kappa shape index (κ1) is 17.1. The topological polar surface area (TPSA) is 116 Å². The minimum Gasteiger partial charge on any atom is -0.383 e. The third-order valence-corrected chi connectivity index (χ3v) is 4.75. The van der Waals surface area contributed by atoms with Crippen LogP contribution in [0, 0.1) is 0 Å². The van der Waals surface area contributed by atoms with Crippen LogP contribution in [0.15, 0.2) is 59.7 Å². The Morgan fingerprint density at radius 1 is 1.17 bits per heavy atom. The minimum absolute atomic E-state index is 0.256. The van der Waals surface area contributed by atoms with Crippen molar-refractivity contribution in [3.05, 3.63) is 65.2 Å². The maximum Gasteiger partial charge on any atom is 0.273 e. The highest BCUT2D eigenvalue weighted by molar-refractivity contribution is 5.87. The minimum atomic E-state index is -0.256. The molecule has 0 saturated carbocycles. The summed E-state index contributed by atoms with van der Waals surface area (Å²) < 4.78 is 8.25. The first-order valence-corrected chi connectivity index (χ1v) is 8.93. The first-order chi connectivity index (χ1) is 14.2. The number of nitrogens with one attached hydrogen (secondary N) is 1. The normalized spacial score (nSPS) is 11.5. The van der Waals surface area contributed by atoms with Crippen LogP contribution in [-0.4, -0.2) is 36.5 Å². The molecule has 29 heavy (non-hydrogen) atoms. The van der Waals surface area contributed by atoms with E-state index in [1.54, 1.807) is 24.2 Å². The molecule has 144 valence electrons. The molecule has 0 aliphatic rings. The summed E-state index contributed by atoms with van der Waals surface area (Å²) in [6.07, 6.45) is 3.43. The molecule has 0 fully saturated rings. The van der Waals surface area contributed by atoms with Gasteiger partial charge in [0, 0.05) is 30.3 Å². The number of anilines is 1. The first-order valence-electron chi connectivity index (χ1n) is 8.93. The number of nitrogens with zero attached hydrogens (tertiary/aromatic N) is 5. The SMILES string of the molecule is COCn1ncc2cc(-c3cc(=O)n4[nH]c(N)c(-c5ccccn5)c4n3)ccc21. The van der Waals surface area contributed by atoms with Crippen molar-refractivity contribution in [2.75, 3.05) is 12.8 Å². The number of rotatable bonds is 4. The van der Waals surface area contributed by atoms with Gasteiger partial charge in [-0.1, -0.05) is 12.1 Å². The molecule has 0 atom stereocenters. The Balaban J connectivity index is 1.70. The zero-order valence-corrected chi connectivity index (χ0v) is 15.5. The van der Waals surface area contributed by atoms with E-state index in [0.29, 0.717) is 35.1 Å². The van der Waals surface area contributed by atoms with Crippen LogP contribution >= 0.6 is 0 Å². The predicted octanol–water partition coefficient (Wildman–Crippen LogP) is 2.29. The van der Waals surface area contributed by atoms with Gasteiger partial charge in [-0.25, -0.2) is 9.67 Å². The summed E-state index contributed by atoms with van der Waals surface area (Å²) in [4.78, 5) is 21.8. The molecule has 0 bridgehead atoms. The van der Waals surface area contributed by atoms with Crippen molar-refractivity contribution >= 4 is 22.4 Å². The Hall–Kier alpha value is -3.98. The van der Waals surface area contributed by atoms with Crippen LogP contribution < -0.4 is 11.3 Å². The standard InChI is InChI=1S/C20H17N7O2/c1-29-11-26-16-6-5-12(8-13(16)10-23-26)15-9-17(28)27-20(24-15)18(19(21)25-27)14-4-2-3-7-22-14/h2-10,25H,11,21H2,1H3. The molecule has 0 saturated heterocycles. The van der Waals surface area contributed by atoms with E-state index in [2.05, 4.69) is 15.2 Å². The molecule has 0 unspecified atom stereocenters. The highest BCUT2D eigenvalue weighted by atomic mass is 16.5. The Morgan fingerprint density at radius 2 is 2.07 bits per heavy atom. The fourth-order valence-electron chi connectivity index (χ4n) is 3.44. The molecule has 9 heteroatoms. The van der Waals surface area contributed by atoms with Crippen molar-refractivity contribution in [1.29, 1.82) is 0 Å². The number of methoxy groups -OCH3 is 1. The fourth-order valence-corrected chi connectivity index (χ4v) is 3.44. The summed E-state index contributed by atoms with van der Waals surface area (Å²) in [5.41, 5.74) is 9.84. The van der Waals surface area contributed by atoms with E-state index in [9.17, 15) is 4.79 Å². The third kappa shape index (κ3) is 2.75. The van der Waals surface area contributed by atoms with E-state index < -0.39 is 0 Å². The summed E-state index contributed by atoms with van der Waals surface area (Å²) in [6, 6.07) is 12.8. The van der Waals surface area contributed by atoms with Crippen LogP contribution in [0.3, 0.4) is 0 Å². The van der Waals surface area contributed by atoms with Crippen LogP contribution in [-0.2, 0) is 11.5 Å². The van der Waals surface area contributed by atoms with Gasteiger partial charge in [-0.05, 0) is 24.3 Å². The molecule has 0 aliphatic heterocycles. The number of fused-ring (bicyclic) bond motifs is 2. The second-order valence-electron chi connectivity index (χ2n) is 6.59. The number of ether oxygens (including phenoxy) is 1. The number of nitrogens with two attached hydrogens (primary N) is 1. The summed E-state index contributed by atoms with van der Waals surface area (Å²) in [6.45, 7) is 0.366. The number of hydrogen-bond donors (Lipinski definition) is 2. The van der Waals surface area contributed by atoms with E-state index in [4.69, 9.17) is 15.5 Å². The summed E-state index contributed by atoms with van der Waals surface area (Å²) in [7, 11) is 1.62. The lowest BCUT2D eigenvalue weighted by atomic mass is 10.1. The molecular weight excluding hydrogens is 370 g/mol. The molecule has 9 nitrogen and oxygen atoms in total. The number of pyridine rings is 1. The van der Waals surface area contributed by atoms with E-state index in [1.807, 2.05) is 36.4 Å². The molecule has 1 aromatic carbocycles. The highest BCUT2D eigenvalue weighted by Crippen LogP contribution is 2.29. The average Bonchev–Trinajstić information content (AvgIpc) is 3.29. The Labute approximate surface area is 164 Å². The number of hydrogen-bond acceptors (Lipinski definition) is 6. The average molecular weight is 387 g/mol. The number of aromatic amines is 1. The van der Waals surface area contributed by atoms with Crippen molar-refractivity contribution in [2.24, 2.45) is 0 Å². The summed E-state index contributed by atoms with van der Waals surface area (Å²) in [5.74, 6) is 0.335. The van der Waals surface area contributed by atoms with Gasteiger partial charge in [0.1, 0.15) is 12.5 Å². The van der Waals surface area contributed by atoms with Crippen molar-refractivity contribution < 1.29 is 4.74 Å². The smallest absolute Gasteiger partial charge is 0.273 e. The fraction of sp³-hybridized carbons (Fsp3) is 0.100. The van der Waals surface area contributed by atoms with Crippen LogP contribution in [0.4, 0.5) is 5.82 Å². The second kappa shape index (κ2) is 6.57. The number of aromatic nitrogens is 6. The van der Waals surface area contributed by atoms with Gasteiger partial charge >= 0.3 is 0 Å². The largest absolute Gasteiger partial charge is 0.383 e. The zero-order valence-electron chi connectivity index (χ0n) is 15.5. The van der Waals surface area contributed by atoms with E-state index in [-0.39, 0.29) is 5.56 Å². The predicted molar refractivity (Wildman–Crippen MR) is 109 cm³/mol. The third-order valence-electron chi connectivity index (χ3n) is 4.75. The monoisotopic (exact) mass is 387 g/mol. The van der Waals surface area contributed by atoms with Crippen LogP contribution in [0.1, 0.15) is 0 Å². The van der Waals surface area contributed by atoms with Crippen LogP contribution in [0.25, 0.3) is 39.1 Å². The molecule has 0 radical (unpaired) electrons. The van der Waals surface area contributed by atoms with Crippen molar-refractivity contribution in [2.45, 2.75) is 6.73 Å². The molecule has 0 amide bonds. The molecule has 5 aromatic rings. The van der Waals surface area contributed by atoms with Gasteiger partial charge in [0.2, 0.25) is 0 Å². The van der Waals surface area contributed by atoms with E-state index in [1.165, 1.54) is 10.6 Å². The highest BCUT2D eigenvalue weighted by Gasteiger charge is 2.17.